The zero-order chi connectivity index (χ0) is 17.5. The highest BCUT2D eigenvalue weighted by molar-refractivity contribution is 6.59. The van der Waals surface area contributed by atoms with Gasteiger partial charge >= 0.3 is 8.80 Å². The first-order chi connectivity index (χ1) is 10.7. The molecule has 0 bridgehead atoms. The van der Waals surface area contributed by atoms with Crippen molar-refractivity contribution in [3.05, 3.63) is 35.4 Å². The summed E-state index contributed by atoms with van der Waals surface area (Å²) in [6.07, 6.45) is 2.75. The van der Waals surface area contributed by atoms with Crippen LogP contribution < -0.4 is 0 Å². The molecule has 0 aromatic heterocycles. The molecule has 0 unspecified atom stereocenters. The zero-order valence-corrected chi connectivity index (χ0v) is 15.4. The van der Waals surface area contributed by atoms with Crippen molar-refractivity contribution in [3.63, 3.8) is 0 Å². The number of halogens is 2. The predicted molar refractivity (Wildman–Crippen MR) is 89.1 cm³/mol. The Morgan fingerprint density at radius 2 is 1.61 bits per heavy atom. The van der Waals surface area contributed by atoms with E-state index >= 15 is 0 Å². The normalized spacial score (nSPS) is 12.4. The summed E-state index contributed by atoms with van der Waals surface area (Å²) in [6.45, 7) is 7.50. The van der Waals surface area contributed by atoms with Gasteiger partial charge in [0.15, 0.2) is 0 Å². The van der Waals surface area contributed by atoms with Crippen LogP contribution in [0.1, 0.15) is 52.5 Å². The van der Waals surface area contributed by atoms with Crippen molar-refractivity contribution in [2.24, 2.45) is 0 Å². The molecule has 3 nitrogen and oxygen atoms in total. The lowest BCUT2D eigenvalue weighted by atomic mass is 10.1. The summed E-state index contributed by atoms with van der Waals surface area (Å²) in [5.74, 6) is -1.05. The summed E-state index contributed by atoms with van der Waals surface area (Å²) in [4.78, 5) is 10.5. The fraction of sp³-hybridized carbons (Fsp3) is 0.647. The quantitative estimate of drug-likeness (QED) is 0.502. The van der Waals surface area contributed by atoms with Gasteiger partial charge in [0.2, 0.25) is 0 Å². The summed E-state index contributed by atoms with van der Waals surface area (Å²) in [6, 6.07) is 4.17. The molecule has 132 valence electrons. The Kier molecular flexibility index (Phi) is 8.32. The van der Waals surface area contributed by atoms with E-state index in [1.165, 1.54) is 12.1 Å². The summed E-state index contributed by atoms with van der Waals surface area (Å²) < 4.78 is 37.6. The van der Waals surface area contributed by atoms with Gasteiger partial charge in [-0.3, -0.25) is 0 Å². The highest BCUT2D eigenvalue weighted by atomic mass is 28.4. The molecule has 0 radical (unpaired) electrons. The summed E-state index contributed by atoms with van der Waals surface area (Å²) in [7, 11) is -3.15. The van der Waals surface area contributed by atoms with Crippen molar-refractivity contribution in [2.75, 3.05) is 0 Å². The van der Waals surface area contributed by atoms with Gasteiger partial charge in [-0.25, -0.2) is 8.78 Å². The van der Waals surface area contributed by atoms with E-state index in [4.69, 9.17) is 8.85 Å². The third-order valence-electron chi connectivity index (χ3n) is 3.29. The van der Waals surface area contributed by atoms with Gasteiger partial charge in [-0.05, 0) is 58.6 Å². The van der Waals surface area contributed by atoms with Crippen LogP contribution >= 0.6 is 0 Å². The van der Waals surface area contributed by atoms with E-state index < -0.39 is 20.4 Å². The molecule has 1 N–H and O–H groups in total. The minimum Gasteiger partial charge on any atom is -0.390 e. The first kappa shape index (κ1) is 20.2. The highest BCUT2D eigenvalue weighted by Gasteiger charge is 2.38. The van der Waals surface area contributed by atoms with Crippen LogP contribution in [-0.4, -0.2) is 25.8 Å². The zero-order valence-electron chi connectivity index (χ0n) is 14.4. The third kappa shape index (κ3) is 8.01. The van der Waals surface area contributed by atoms with Crippen molar-refractivity contribution in [3.8, 4) is 0 Å². The second kappa shape index (κ2) is 9.47. The second-order valence-corrected chi connectivity index (χ2v) is 8.74. The highest BCUT2D eigenvalue weighted by Crippen LogP contribution is 2.20. The molecule has 1 aromatic rings. The number of hydrogen-bond acceptors (Lipinski definition) is 3. The first-order valence-electron chi connectivity index (χ1n) is 8.24. The molecule has 0 aliphatic carbocycles. The maximum atomic E-state index is 13.5. The molecule has 0 spiro atoms. The lowest BCUT2D eigenvalue weighted by molar-refractivity contribution is 0.0472. The van der Waals surface area contributed by atoms with Crippen LogP contribution in [0.4, 0.5) is 8.78 Å². The minimum absolute atomic E-state index is 0.0845. The van der Waals surface area contributed by atoms with Crippen molar-refractivity contribution >= 4 is 8.80 Å². The molecule has 0 atom stereocenters. The fourth-order valence-corrected chi connectivity index (χ4v) is 4.91. The number of rotatable bonds is 10. The summed E-state index contributed by atoms with van der Waals surface area (Å²) in [5, 5.41) is 0. The van der Waals surface area contributed by atoms with Crippen LogP contribution in [0.3, 0.4) is 0 Å². The predicted octanol–water partition coefficient (Wildman–Crippen LogP) is 4.46. The maximum Gasteiger partial charge on any atom is 0.498 e. The molecule has 0 saturated heterocycles. The second-order valence-electron chi connectivity index (χ2n) is 6.34. The third-order valence-corrected chi connectivity index (χ3v) is 5.96. The van der Waals surface area contributed by atoms with Gasteiger partial charge in [0.25, 0.3) is 0 Å². The average Bonchev–Trinajstić information content (AvgIpc) is 2.38. The summed E-state index contributed by atoms with van der Waals surface area (Å²) in [5.41, 5.74) is 0.524. The topological polar surface area (TPSA) is 38.7 Å². The van der Waals surface area contributed by atoms with Gasteiger partial charge in [0.1, 0.15) is 11.6 Å². The lowest BCUT2D eigenvalue weighted by Gasteiger charge is -2.28. The van der Waals surface area contributed by atoms with E-state index in [0.29, 0.717) is 18.0 Å². The van der Waals surface area contributed by atoms with Gasteiger partial charge in [-0.15, -0.1) is 0 Å². The van der Waals surface area contributed by atoms with Gasteiger partial charge in [-0.2, -0.15) is 0 Å². The molecular formula is C17H28F2O3Si. The Hall–Kier alpha value is -0.823. The van der Waals surface area contributed by atoms with Gasteiger partial charge in [-0.1, -0.05) is 12.5 Å². The van der Waals surface area contributed by atoms with Gasteiger partial charge in [0.05, 0.1) is 0 Å². The van der Waals surface area contributed by atoms with E-state index in [9.17, 15) is 13.6 Å². The van der Waals surface area contributed by atoms with Crippen LogP contribution in [0, 0.1) is 11.6 Å². The monoisotopic (exact) mass is 346 g/mol. The molecule has 0 heterocycles. The Morgan fingerprint density at radius 3 is 2.13 bits per heavy atom. The standard InChI is InChI=1S/C17H28F2O3Si/c1-13(2)21-23(20,22-14(3)4)11-7-5-6-8-15-9-10-16(18)12-17(15)19/h9-10,12-14,20H,5-8,11H2,1-4H3. The number of aryl methyl sites for hydroxylation is 1. The Morgan fingerprint density at radius 1 is 1.00 bits per heavy atom. The molecule has 0 saturated carbocycles. The average molecular weight is 346 g/mol. The number of benzene rings is 1. The number of hydrogen-bond donors (Lipinski definition) is 1. The van der Waals surface area contributed by atoms with E-state index in [2.05, 4.69) is 0 Å². The molecule has 0 fully saturated rings. The Labute approximate surface area is 139 Å². The smallest absolute Gasteiger partial charge is 0.390 e. The lowest BCUT2D eigenvalue weighted by Crippen LogP contribution is -2.46. The van der Waals surface area contributed by atoms with Crippen LogP contribution in [0.5, 0.6) is 0 Å². The fourth-order valence-electron chi connectivity index (χ4n) is 2.45. The Balaban J connectivity index is 2.38. The van der Waals surface area contributed by atoms with E-state index in [0.717, 1.165) is 25.3 Å². The molecule has 23 heavy (non-hydrogen) atoms. The molecule has 1 rings (SSSR count). The van der Waals surface area contributed by atoms with Crippen molar-refractivity contribution in [2.45, 2.75) is 71.6 Å². The van der Waals surface area contributed by atoms with Crippen molar-refractivity contribution in [1.29, 1.82) is 0 Å². The van der Waals surface area contributed by atoms with Crippen LogP contribution in [0.2, 0.25) is 6.04 Å². The van der Waals surface area contributed by atoms with Gasteiger partial charge in [0, 0.05) is 24.3 Å². The van der Waals surface area contributed by atoms with Crippen molar-refractivity contribution < 1.29 is 22.4 Å². The van der Waals surface area contributed by atoms with E-state index in [1.54, 1.807) is 0 Å². The van der Waals surface area contributed by atoms with Crippen LogP contribution in [0.15, 0.2) is 18.2 Å². The van der Waals surface area contributed by atoms with E-state index in [-0.39, 0.29) is 12.2 Å². The van der Waals surface area contributed by atoms with Crippen molar-refractivity contribution in [1.82, 2.24) is 0 Å². The molecule has 0 aliphatic rings. The van der Waals surface area contributed by atoms with E-state index in [1.807, 2.05) is 27.7 Å². The molecule has 1 aromatic carbocycles. The largest absolute Gasteiger partial charge is 0.498 e. The van der Waals surface area contributed by atoms with Crippen LogP contribution in [-0.2, 0) is 15.3 Å². The first-order valence-corrected chi connectivity index (χ1v) is 10.2. The molecule has 0 aliphatic heterocycles. The minimum atomic E-state index is -3.15. The SMILES string of the molecule is CC(C)O[Si](O)(CCCCCc1ccc(F)cc1F)OC(C)C. The maximum absolute atomic E-state index is 13.5. The Bertz CT molecular complexity index is 471. The molecule has 6 heteroatoms. The molecular weight excluding hydrogens is 318 g/mol. The molecule has 0 amide bonds. The summed E-state index contributed by atoms with van der Waals surface area (Å²) >= 11 is 0. The van der Waals surface area contributed by atoms with Gasteiger partial charge < -0.3 is 13.6 Å². The number of unbranched alkanes of at least 4 members (excludes halogenated alkanes) is 2. The van der Waals surface area contributed by atoms with Crippen LogP contribution in [0.25, 0.3) is 0 Å².